The maximum Gasteiger partial charge on any atom is 0.354 e. The van der Waals surface area contributed by atoms with E-state index in [0.29, 0.717) is 18.9 Å². The molecule has 4 aromatic rings. The van der Waals surface area contributed by atoms with Crippen LogP contribution in [-0.2, 0) is 13.1 Å². The molecule has 0 atom stereocenters. The van der Waals surface area contributed by atoms with Crippen LogP contribution in [0.5, 0.6) is 0 Å². The molecule has 4 rings (SSSR count). The van der Waals surface area contributed by atoms with Crippen LogP contribution in [0.3, 0.4) is 0 Å². The predicted molar refractivity (Wildman–Crippen MR) is 115 cm³/mol. The Morgan fingerprint density at radius 2 is 1.81 bits per heavy atom. The van der Waals surface area contributed by atoms with Crippen LogP contribution in [0.4, 0.5) is 0 Å². The number of nitrogens with zero attached hydrogens (tertiary/aromatic N) is 5. The molecule has 0 unspecified atom stereocenters. The van der Waals surface area contributed by atoms with Crippen molar-refractivity contribution in [3.05, 3.63) is 76.2 Å². The number of aromatic nitrogens is 6. The Bertz CT molecular complexity index is 1240. The van der Waals surface area contributed by atoms with Gasteiger partial charge in [-0.25, -0.2) is 9.48 Å². The standard InChI is InChI=1S/C22H22N6O3/c1-2-3-12-27-20(29)13-19(22(30)31)28(27)14-15-8-10-16(11-9-15)17-6-4-5-7-18(17)21-23-25-26-24-21/h4-11,13H,2-3,12,14H2,1H3,(H,30,31)(H,23,24,25,26). The normalized spacial score (nSPS) is 11.0. The van der Waals surface area contributed by atoms with Crippen molar-refractivity contribution in [1.29, 1.82) is 0 Å². The highest BCUT2D eigenvalue weighted by Gasteiger charge is 2.17. The number of nitrogens with one attached hydrogen (secondary N) is 1. The highest BCUT2D eigenvalue weighted by Crippen LogP contribution is 2.29. The maximum absolute atomic E-state index is 12.3. The van der Waals surface area contributed by atoms with Crippen LogP contribution in [-0.4, -0.2) is 41.1 Å². The molecule has 9 heteroatoms. The van der Waals surface area contributed by atoms with Gasteiger partial charge in [-0.1, -0.05) is 61.9 Å². The minimum atomic E-state index is -1.11. The molecule has 0 aliphatic carbocycles. The molecule has 0 spiro atoms. The number of carboxylic acid groups (broad SMARTS) is 1. The Morgan fingerprint density at radius 3 is 2.45 bits per heavy atom. The van der Waals surface area contributed by atoms with Gasteiger partial charge in [0.2, 0.25) is 5.82 Å². The van der Waals surface area contributed by atoms with E-state index in [1.165, 1.54) is 10.7 Å². The molecule has 2 N–H and O–H groups in total. The topological polar surface area (TPSA) is 119 Å². The summed E-state index contributed by atoms with van der Waals surface area (Å²) in [6.07, 6.45) is 1.71. The lowest BCUT2D eigenvalue weighted by Gasteiger charge is -2.14. The summed E-state index contributed by atoms with van der Waals surface area (Å²) in [7, 11) is 0. The van der Waals surface area contributed by atoms with Crippen LogP contribution in [0.15, 0.2) is 59.4 Å². The van der Waals surface area contributed by atoms with E-state index in [1.807, 2.05) is 55.5 Å². The number of unbranched alkanes of at least 4 members (excludes halogenated alkanes) is 1. The lowest BCUT2D eigenvalue weighted by molar-refractivity contribution is 0.0681. The van der Waals surface area contributed by atoms with Gasteiger partial charge in [0.25, 0.3) is 5.56 Å². The molecule has 31 heavy (non-hydrogen) atoms. The largest absolute Gasteiger partial charge is 0.477 e. The summed E-state index contributed by atoms with van der Waals surface area (Å²) in [6, 6.07) is 16.8. The van der Waals surface area contributed by atoms with Gasteiger partial charge in [0, 0.05) is 18.2 Å². The van der Waals surface area contributed by atoms with Gasteiger partial charge in [0.15, 0.2) is 0 Å². The lowest BCUT2D eigenvalue weighted by Crippen LogP contribution is -2.25. The smallest absolute Gasteiger partial charge is 0.354 e. The second-order valence-electron chi connectivity index (χ2n) is 7.19. The number of benzene rings is 2. The fourth-order valence-corrected chi connectivity index (χ4v) is 3.56. The summed E-state index contributed by atoms with van der Waals surface area (Å²) in [5, 5.41) is 23.8. The van der Waals surface area contributed by atoms with E-state index in [2.05, 4.69) is 20.6 Å². The van der Waals surface area contributed by atoms with E-state index in [4.69, 9.17) is 0 Å². The molecule has 0 amide bonds. The van der Waals surface area contributed by atoms with Crippen LogP contribution in [0.1, 0.15) is 35.8 Å². The van der Waals surface area contributed by atoms with Crippen molar-refractivity contribution in [2.24, 2.45) is 0 Å². The Labute approximate surface area is 178 Å². The molecule has 9 nitrogen and oxygen atoms in total. The Kier molecular flexibility index (Phi) is 5.74. The van der Waals surface area contributed by atoms with E-state index in [9.17, 15) is 14.7 Å². The average Bonchev–Trinajstić information content (AvgIpc) is 3.42. The number of H-pyrrole nitrogens is 1. The summed E-state index contributed by atoms with van der Waals surface area (Å²) in [6.45, 7) is 2.81. The highest BCUT2D eigenvalue weighted by atomic mass is 16.4. The molecule has 2 aromatic carbocycles. The van der Waals surface area contributed by atoms with Crippen molar-refractivity contribution in [1.82, 2.24) is 30.0 Å². The first-order chi connectivity index (χ1) is 15.1. The van der Waals surface area contributed by atoms with Crippen LogP contribution < -0.4 is 5.56 Å². The number of aromatic amines is 1. The van der Waals surface area contributed by atoms with E-state index >= 15 is 0 Å². The van der Waals surface area contributed by atoms with E-state index in [-0.39, 0.29) is 11.3 Å². The van der Waals surface area contributed by atoms with Gasteiger partial charge in [0.1, 0.15) is 5.69 Å². The van der Waals surface area contributed by atoms with Gasteiger partial charge in [0.05, 0.1) is 6.54 Å². The summed E-state index contributed by atoms with van der Waals surface area (Å²) in [4.78, 5) is 24.0. The van der Waals surface area contributed by atoms with Gasteiger partial charge in [-0.3, -0.25) is 9.48 Å². The number of hydrogen-bond donors (Lipinski definition) is 2. The number of carbonyl (C=O) groups is 1. The molecule has 158 valence electrons. The lowest BCUT2D eigenvalue weighted by atomic mass is 9.98. The molecule has 2 heterocycles. The molecular weight excluding hydrogens is 396 g/mol. The molecule has 0 aliphatic heterocycles. The van der Waals surface area contributed by atoms with Crippen LogP contribution in [0.2, 0.25) is 0 Å². The molecule has 0 aliphatic rings. The molecule has 2 aromatic heterocycles. The van der Waals surface area contributed by atoms with E-state index in [0.717, 1.165) is 35.1 Å². The summed E-state index contributed by atoms with van der Waals surface area (Å²) < 4.78 is 3.05. The van der Waals surface area contributed by atoms with E-state index < -0.39 is 5.97 Å². The molecule has 0 saturated carbocycles. The molecule has 0 bridgehead atoms. The molecule has 0 radical (unpaired) electrons. The number of tetrazole rings is 1. The van der Waals surface area contributed by atoms with Gasteiger partial charge < -0.3 is 5.11 Å². The van der Waals surface area contributed by atoms with Crippen LogP contribution >= 0.6 is 0 Å². The first kappa shape index (κ1) is 20.3. The van der Waals surface area contributed by atoms with Crippen molar-refractivity contribution >= 4 is 5.97 Å². The van der Waals surface area contributed by atoms with Gasteiger partial charge >= 0.3 is 5.97 Å². The number of aromatic carboxylic acids is 1. The third kappa shape index (κ3) is 4.16. The zero-order valence-electron chi connectivity index (χ0n) is 17.0. The molecule has 0 saturated heterocycles. The van der Waals surface area contributed by atoms with Gasteiger partial charge in [-0.05, 0) is 28.3 Å². The Hall–Kier alpha value is -4.01. The van der Waals surface area contributed by atoms with Gasteiger partial charge in [-0.2, -0.15) is 5.21 Å². The monoisotopic (exact) mass is 418 g/mol. The zero-order valence-corrected chi connectivity index (χ0v) is 17.0. The average molecular weight is 418 g/mol. The predicted octanol–water partition coefficient (Wildman–Crippen LogP) is 3.04. The fraction of sp³-hybridized carbons (Fsp3) is 0.227. The van der Waals surface area contributed by atoms with Crippen molar-refractivity contribution in [3.63, 3.8) is 0 Å². The summed E-state index contributed by atoms with van der Waals surface area (Å²) in [5.74, 6) is -0.601. The second-order valence-corrected chi connectivity index (χ2v) is 7.19. The van der Waals surface area contributed by atoms with E-state index in [1.54, 1.807) is 4.68 Å². The SMILES string of the molecule is CCCCn1c(=O)cc(C(=O)O)n1Cc1ccc(-c2ccccc2-c2nn[nH]n2)cc1. The van der Waals surface area contributed by atoms with Crippen LogP contribution in [0, 0.1) is 0 Å². The van der Waals surface area contributed by atoms with Crippen molar-refractivity contribution < 1.29 is 9.90 Å². The first-order valence-electron chi connectivity index (χ1n) is 10.0. The Morgan fingerprint density at radius 1 is 1.06 bits per heavy atom. The molecule has 0 fully saturated rings. The van der Waals surface area contributed by atoms with Gasteiger partial charge in [-0.15, -0.1) is 10.2 Å². The third-order valence-corrected chi connectivity index (χ3v) is 5.14. The summed E-state index contributed by atoms with van der Waals surface area (Å²) >= 11 is 0. The maximum atomic E-state index is 12.3. The minimum Gasteiger partial charge on any atom is -0.477 e. The highest BCUT2D eigenvalue weighted by molar-refractivity contribution is 5.85. The van der Waals surface area contributed by atoms with Crippen molar-refractivity contribution in [3.8, 4) is 22.5 Å². The van der Waals surface area contributed by atoms with Crippen LogP contribution in [0.25, 0.3) is 22.5 Å². The minimum absolute atomic E-state index is 0.00682. The zero-order chi connectivity index (χ0) is 21.8. The molecular formula is C22H22N6O3. The van der Waals surface area contributed by atoms with Crippen molar-refractivity contribution in [2.75, 3.05) is 0 Å². The number of carboxylic acids is 1. The first-order valence-corrected chi connectivity index (χ1v) is 10.0. The number of rotatable bonds is 8. The second kappa shape index (κ2) is 8.78. The quantitative estimate of drug-likeness (QED) is 0.454. The third-order valence-electron chi connectivity index (χ3n) is 5.14. The number of hydrogen-bond acceptors (Lipinski definition) is 5. The van der Waals surface area contributed by atoms with Crippen molar-refractivity contribution in [2.45, 2.75) is 32.9 Å². The Balaban J connectivity index is 1.66. The summed E-state index contributed by atoms with van der Waals surface area (Å²) in [5.41, 5.74) is 3.38. The fourth-order valence-electron chi connectivity index (χ4n) is 3.56.